The number of hydrogen-bond acceptors (Lipinski definition) is 5. The number of aliphatic hydroxyl groups is 1. The first-order valence-corrected chi connectivity index (χ1v) is 7.92. The second-order valence-electron chi connectivity index (χ2n) is 4.15. The molecule has 118 valence electrons. The molecule has 1 atom stereocenters. The summed E-state index contributed by atoms with van der Waals surface area (Å²) in [5.74, 6) is -0.184. The van der Waals surface area contributed by atoms with E-state index in [1.165, 1.54) is 32.2 Å². The molecule has 0 bridgehead atoms. The molecule has 3 N–H and O–H groups in total. The Morgan fingerprint density at radius 1 is 1.48 bits per heavy atom. The monoisotopic (exact) mass is 336 g/mol. The van der Waals surface area contributed by atoms with Gasteiger partial charge in [-0.2, -0.15) is 4.72 Å². The number of halogens is 1. The molecule has 0 heterocycles. The second-order valence-corrected chi connectivity index (χ2v) is 6.28. The molecule has 0 spiro atoms. The Kier molecular flexibility index (Phi) is 6.41. The van der Waals surface area contributed by atoms with Crippen LogP contribution in [0.3, 0.4) is 0 Å². The number of ether oxygens (including phenoxy) is 1. The first-order chi connectivity index (χ1) is 9.81. The van der Waals surface area contributed by atoms with Crippen LogP contribution in [0.4, 0.5) is 0 Å². The van der Waals surface area contributed by atoms with Crippen molar-refractivity contribution in [1.82, 2.24) is 10.0 Å². The number of benzene rings is 1. The first-order valence-electron chi connectivity index (χ1n) is 6.06. The molecule has 1 aromatic rings. The zero-order valence-electron chi connectivity index (χ0n) is 11.6. The molecule has 7 nitrogen and oxygen atoms in total. The quantitative estimate of drug-likeness (QED) is 0.656. The molecular formula is C12H17ClN2O5S. The van der Waals surface area contributed by atoms with Crippen molar-refractivity contribution in [2.75, 3.05) is 20.3 Å². The predicted molar refractivity (Wildman–Crippen MR) is 77.9 cm³/mol. The van der Waals surface area contributed by atoms with Crippen LogP contribution in [0, 0.1) is 0 Å². The minimum absolute atomic E-state index is 0.0548. The average Bonchev–Trinajstić information content (AvgIpc) is 2.44. The van der Waals surface area contributed by atoms with Gasteiger partial charge in [-0.15, -0.1) is 0 Å². The van der Waals surface area contributed by atoms with Crippen molar-refractivity contribution >= 4 is 27.5 Å². The van der Waals surface area contributed by atoms with Crippen molar-refractivity contribution in [2.24, 2.45) is 0 Å². The Bertz CT molecular complexity index is 606. The van der Waals surface area contributed by atoms with Crippen molar-refractivity contribution in [1.29, 1.82) is 0 Å². The van der Waals surface area contributed by atoms with E-state index in [-0.39, 0.29) is 23.1 Å². The number of nitrogens with one attached hydrogen (secondary N) is 2. The molecule has 0 saturated carbocycles. The Labute approximate surface area is 128 Å². The fourth-order valence-corrected chi connectivity index (χ4v) is 3.05. The lowest BCUT2D eigenvalue weighted by atomic mass is 10.3. The maximum absolute atomic E-state index is 12.1. The molecule has 0 saturated heterocycles. The zero-order valence-corrected chi connectivity index (χ0v) is 13.2. The normalized spacial score (nSPS) is 12.8. The van der Waals surface area contributed by atoms with E-state index in [2.05, 4.69) is 10.0 Å². The third kappa shape index (κ3) is 4.85. The van der Waals surface area contributed by atoms with Gasteiger partial charge >= 0.3 is 0 Å². The lowest BCUT2D eigenvalue weighted by molar-refractivity contribution is -0.122. The van der Waals surface area contributed by atoms with Crippen LogP contribution in [0.15, 0.2) is 23.1 Å². The summed E-state index contributed by atoms with van der Waals surface area (Å²) in [5.41, 5.74) is 0. The van der Waals surface area contributed by atoms with Crippen LogP contribution in [0.2, 0.25) is 5.02 Å². The summed E-state index contributed by atoms with van der Waals surface area (Å²) in [5, 5.41) is 11.1. The predicted octanol–water partition coefficient (Wildman–Crippen LogP) is 0.124. The molecule has 9 heteroatoms. The highest BCUT2D eigenvalue weighted by Crippen LogP contribution is 2.26. The molecule has 0 aliphatic rings. The summed E-state index contributed by atoms with van der Waals surface area (Å²) in [6.07, 6.45) is 0. The van der Waals surface area contributed by atoms with Gasteiger partial charge < -0.3 is 15.2 Å². The van der Waals surface area contributed by atoms with E-state index in [1.54, 1.807) is 0 Å². The second kappa shape index (κ2) is 7.60. The van der Waals surface area contributed by atoms with Gasteiger partial charge in [-0.3, -0.25) is 4.79 Å². The number of sulfonamides is 1. The van der Waals surface area contributed by atoms with Gasteiger partial charge in [0.1, 0.15) is 5.75 Å². The number of carbonyl (C=O) groups excluding carboxylic acids is 1. The van der Waals surface area contributed by atoms with E-state index in [1.807, 2.05) is 0 Å². The molecular weight excluding hydrogens is 320 g/mol. The Balaban J connectivity index is 2.86. The fraction of sp³-hybridized carbons (Fsp3) is 0.417. The van der Waals surface area contributed by atoms with Crippen LogP contribution in [-0.2, 0) is 14.8 Å². The Morgan fingerprint density at radius 3 is 2.67 bits per heavy atom. The smallest absolute Gasteiger partial charge is 0.241 e. The molecule has 0 unspecified atom stereocenters. The van der Waals surface area contributed by atoms with Crippen LogP contribution < -0.4 is 14.8 Å². The van der Waals surface area contributed by atoms with E-state index >= 15 is 0 Å². The van der Waals surface area contributed by atoms with Gasteiger partial charge in [0.15, 0.2) is 0 Å². The van der Waals surface area contributed by atoms with Crippen LogP contribution >= 0.6 is 11.6 Å². The summed E-state index contributed by atoms with van der Waals surface area (Å²) in [6.45, 7) is 1.23. The van der Waals surface area contributed by atoms with Crippen molar-refractivity contribution < 1.29 is 23.1 Å². The highest BCUT2D eigenvalue weighted by atomic mass is 35.5. The van der Waals surface area contributed by atoms with Gasteiger partial charge in [0.2, 0.25) is 15.9 Å². The van der Waals surface area contributed by atoms with Gasteiger partial charge in [-0.25, -0.2) is 8.42 Å². The lowest BCUT2D eigenvalue weighted by Crippen LogP contribution is -2.45. The maximum Gasteiger partial charge on any atom is 0.241 e. The van der Waals surface area contributed by atoms with Crippen molar-refractivity contribution in [3.05, 3.63) is 23.2 Å². The summed E-state index contributed by atoms with van der Waals surface area (Å²) < 4.78 is 31.4. The van der Waals surface area contributed by atoms with E-state index in [4.69, 9.17) is 21.4 Å². The van der Waals surface area contributed by atoms with Gasteiger partial charge in [0, 0.05) is 6.54 Å². The number of aliphatic hydroxyl groups excluding tert-OH is 1. The van der Waals surface area contributed by atoms with Gasteiger partial charge in [0.25, 0.3) is 0 Å². The van der Waals surface area contributed by atoms with Crippen LogP contribution in [-0.4, -0.2) is 45.7 Å². The van der Waals surface area contributed by atoms with E-state index in [9.17, 15) is 13.2 Å². The minimum Gasteiger partial charge on any atom is -0.495 e. The molecule has 1 aromatic carbocycles. The Morgan fingerprint density at radius 2 is 2.14 bits per heavy atom. The van der Waals surface area contributed by atoms with Gasteiger partial charge in [0.05, 0.1) is 29.7 Å². The summed E-state index contributed by atoms with van der Waals surface area (Å²) in [6, 6.07) is 3.00. The number of hydrogen-bond donors (Lipinski definition) is 3. The van der Waals surface area contributed by atoms with Crippen molar-refractivity contribution in [2.45, 2.75) is 17.9 Å². The minimum atomic E-state index is -3.89. The third-order valence-electron chi connectivity index (χ3n) is 2.57. The van der Waals surface area contributed by atoms with Crippen LogP contribution in [0.25, 0.3) is 0 Å². The molecule has 0 aliphatic heterocycles. The third-order valence-corrected chi connectivity index (χ3v) is 4.40. The molecule has 0 aliphatic carbocycles. The molecule has 1 rings (SSSR count). The fourth-order valence-electron chi connectivity index (χ4n) is 1.50. The standard InChI is InChI=1S/C12H17ClN2O5S/c1-8(12(17)14-5-6-16)15-21(18,19)9-3-4-11(20-2)10(13)7-9/h3-4,7-8,15-16H,5-6H2,1-2H3,(H,14,17)/t8-/m1/s1. The lowest BCUT2D eigenvalue weighted by Gasteiger charge is -2.14. The highest BCUT2D eigenvalue weighted by Gasteiger charge is 2.22. The largest absolute Gasteiger partial charge is 0.495 e. The zero-order chi connectivity index (χ0) is 16.0. The molecule has 0 aromatic heterocycles. The van der Waals surface area contributed by atoms with Crippen molar-refractivity contribution in [3.63, 3.8) is 0 Å². The number of carbonyl (C=O) groups is 1. The summed E-state index contributed by atoms with van der Waals surface area (Å²) in [4.78, 5) is 11.5. The molecule has 21 heavy (non-hydrogen) atoms. The highest BCUT2D eigenvalue weighted by molar-refractivity contribution is 7.89. The molecule has 0 radical (unpaired) electrons. The van der Waals surface area contributed by atoms with Crippen LogP contribution in [0.1, 0.15) is 6.92 Å². The van der Waals surface area contributed by atoms with E-state index in [0.717, 1.165) is 0 Å². The van der Waals surface area contributed by atoms with Crippen LogP contribution in [0.5, 0.6) is 5.75 Å². The van der Waals surface area contributed by atoms with Gasteiger partial charge in [-0.05, 0) is 25.1 Å². The van der Waals surface area contributed by atoms with Gasteiger partial charge in [-0.1, -0.05) is 11.6 Å². The topological polar surface area (TPSA) is 105 Å². The van der Waals surface area contributed by atoms with E-state index in [0.29, 0.717) is 5.75 Å². The number of methoxy groups -OCH3 is 1. The van der Waals surface area contributed by atoms with Crippen molar-refractivity contribution in [3.8, 4) is 5.75 Å². The summed E-state index contributed by atoms with van der Waals surface area (Å²) in [7, 11) is -2.47. The Hall–Kier alpha value is -1.35. The molecule has 0 fully saturated rings. The summed E-state index contributed by atoms with van der Waals surface area (Å²) >= 11 is 5.88. The van der Waals surface area contributed by atoms with E-state index < -0.39 is 22.0 Å². The molecule has 1 amide bonds. The SMILES string of the molecule is COc1ccc(S(=O)(=O)N[C@H](C)C(=O)NCCO)cc1Cl. The number of rotatable bonds is 7. The maximum atomic E-state index is 12.1. The average molecular weight is 337 g/mol. The first kappa shape index (κ1) is 17.7. The number of amides is 1.